The molecule has 2 aliphatic heterocycles. The molecule has 4 rings (SSSR count). The second-order valence-corrected chi connectivity index (χ2v) is 6.86. The number of hydrogen-bond acceptors (Lipinski definition) is 5. The van der Waals surface area contributed by atoms with Gasteiger partial charge in [-0.2, -0.15) is 0 Å². The number of piperidine rings is 1. The second-order valence-electron chi connectivity index (χ2n) is 5.80. The molecule has 0 radical (unpaired) electrons. The first-order valence-electron chi connectivity index (χ1n) is 7.14. The standard InChI is InChI=1S/C15H18N4S/c1-10-18-15(9-20-10)12-3-14(6-16-5-12)19-7-11-2-13(8-19)17-4-11/h3,5-6,9,11,13,17H,2,4,7-8H2,1H3. The van der Waals surface area contributed by atoms with Gasteiger partial charge in [0.25, 0.3) is 0 Å². The number of aromatic nitrogens is 2. The lowest BCUT2D eigenvalue weighted by atomic mass is 9.99. The van der Waals surface area contributed by atoms with Crippen molar-refractivity contribution in [2.24, 2.45) is 5.92 Å². The Kier molecular flexibility index (Phi) is 2.97. The van der Waals surface area contributed by atoms with E-state index in [2.05, 4.69) is 31.6 Å². The van der Waals surface area contributed by atoms with Crippen molar-refractivity contribution in [1.29, 1.82) is 0 Å². The van der Waals surface area contributed by atoms with Gasteiger partial charge in [0, 0.05) is 42.8 Å². The fraction of sp³-hybridized carbons (Fsp3) is 0.467. The zero-order chi connectivity index (χ0) is 13.5. The Morgan fingerprint density at radius 3 is 3.10 bits per heavy atom. The van der Waals surface area contributed by atoms with Crippen LogP contribution in [0.5, 0.6) is 0 Å². The third-order valence-corrected chi connectivity index (χ3v) is 5.01. The minimum Gasteiger partial charge on any atom is -0.368 e. The van der Waals surface area contributed by atoms with Crippen LogP contribution in [0.15, 0.2) is 23.8 Å². The van der Waals surface area contributed by atoms with Gasteiger partial charge in [-0.15, -0.1) is 11.3 Å². The highest BCUT2D eigenvalue weighted by Gasteiger charge is 2.32. The number of hydrogen-bond donors (Lipinski definition) is 1. The number of nitrogens with zero attached hydrogens (tertiary/aromatic N) is 3. The molecule has 0 saturated carbocycles. The van der Waals surface area contributed by atoms with E-state index in [9.17, 15) is 0 Å². The molecule has 0 aliphatic carbocycles. The maximum absolute atomic E-state index is 4.56. The smallest absolute Gasteiger partial charge is 0.0901 e. The summed E-state index contributed by atoms with van der Waals surface area (Å²) in [4.78, 5) is 11.4. The Labute approximate surface area is 122 Å². The molecule has 2 bridgehead atoms. The van der Waals surface area contributed by atoms with Gasteiger partial charge in [-0.05, 0) is 25.3 Å². The molecule has 2 aromatic rings. The summed E-state index contributed by atoms with van der Waals surface area (Å²) >= 11 is 1.69. The fourth-order valence-electron chi connectivity index (χ4n) is 3.28. The molecule has 0 amide bonds. The molecule has 5 heteroatoms. The summed E-state index contributed by atoms with van der Waals surface area (Å²) in [5.74, 6) is 0.791. The lowest BCUT2D eigenvalue weighted by Gasteiger charge is -2.32. The van der Waals surface area contributed by atoms with Gasteiger partial charge in [0.2, 0.25) is 0 Å². The third kappa shape index (κ3) is 2.21. The second kappa shape index (κ2) is 4.82. The Hall–Kier alpha value is -1.46. The molecule has 104 valence electrons. The molecule has 4 heterocycles. The van der Waals surface area contributed by atoms with Gasteiger partial charge in [0.1, 0.15) is 0 Å². The van der Waals surface area contributed by atoms with Crippen molar-refractivity contribution in [2.75, 3.05) is 24.5 Å². The third-order valence-electron chi connectivity index (χ3n) is 4.24. The molecule has 2 atom stereocenters. The van der Waals surface area contributed by atoms with Crippen molar-refractivity contribution in [1.82, 2.24) is 15.3 Å². The van der Waals surface area contributed by atoms with Crippen LogP contribution < -0.4 is 10.2 Å². The van der Waals surface area contributed by atoms with E-state index >= 15 is 0 Å². The number of thiazole rings is 1. The predicted molar refractivity (Wildman–Crippen MR) is 82.2 cm³/mol. The Balaban J connectivity index is 1.63. The highest BCUT2D eigenvalue weighted by Crippen LogP contribution is 2.29. The molecule has 20 heavy (non-hydrogen) atoms. The van der Waals surface area contributed by atoms with Crippen molar-refractivity contribution < 1.29 is 0 Å². The zero-order valence-corrected chi connectivity index (χ0v) is 12.4. The lowest BCUT2D eigenvalue weighted by molar-refractivity contribution is 0.474. The molecule has 2 aliphatic rings. The minimum absolute atomic E-state index is 0.652. The predicted octanol–water partition coefficient (Wildman–Crippen LogP) is 2.31. The van der Waals surface area contributed by atoms with Gasteiger partial charge in [0.05, 0.1) is 22.6 Å². The minimum atomic E-state index is 0.652. The number of pyridine rings is 1. The molecule has 2 fully saturated rings. The first-order valence-corrected chi connectivity index (χ1v) is 8.02. The first-order chi connectivity index (χ1) is 9.78. The van der Waals surface area contributed by atoms with Gasteiger partial charge >= 0.3 is 0 Å². The number of rotatable bonds is 2. The van der Waals surface area contributed by atoms with Crippen LogP contribution in [0.4, 0.5) is 5.69 Å². The quantitative estimate of drug-likeness (QED) is 0.920. The summed E-state index contributed by atoms with van der Waals surface area (Å²) in [5, 5.41) is 6.81. The van der Waals surface area contributed by atoms with E-state index in [1.807, 2.05) is 19.3 Å². The van der Waals surface area contributed by atoms with E-state index in [0.29, 0.717) is 6.04 Å². The lowest BCUT2D eigenvalue weighted by Crippen LogP contribution is -2.41. The van der Waals surface area contributed by atoms with Gasteiger partial charge in [-0.1, -0.05) is 0 Å². The van der Waals surface area contributed by atoms with Crippen molar-refractivity contribution in [3.63, 3.8) is 0 Å². The van der Waals surface area contributed by atoms with Crippen LogP contribution >= 0.6 is 11.3 Å². The van der Waals surface area contributed by atoms with Crippen molar-refractivity contribution >= 4 is 17.0 Å². The van der Waals surface area contributed by atoms with Crippen molar-refractivity contribution in [3.05, 3.63) is 28.8 Å². The number of nitrogens with one attached hydrogen (secondary N) is 1. The number of aryl methyl sites for hydroxylation is 1. The van der Waals surface area contributed by atoms with Crippen LogP contribution in [0.1, 0.15) is 11.4 Å². The maximum Gasteiger partial charge on any atom is 0.0901 e. The molecular formula is C15H18N4S. The molecule has 2 saturated heterocycles. The Morgan fingerprint density at radius 1 is 1.35 bits per heavy atom. The SMILES string of the molecule is Cc1nc(-c2cncc(N3CC4CNC(C4)C3)c2)cs1. The van der Waals surface area contributed by atoms with E-state index in [0.717, 1.165) is 35.3 Å². The van der Waals surface area contributed by atoms with Crippen molar-refractivity contribution in [3.8, 4) is 11.3 Å². The first kappa shape index (κ1) is 12.3. The van der Waals surface area contributed by atoms with Gasteiger partial charge in [-0.25, -0.2) is 4.98 Å². The molecule has 0 spiro atoms. The van der Waals surface area contributed by atoms with E-state index < -0.39 is 0 Å². The summed E-state index contributed by atoms with van der Waals surface area (Å²) < 4.78 is 0. The van der Waals surface area contributed by atoms with Crippen LogP contribution in [-0.2, 0) is 0 Å². The van der Waals surface area contributed by atoms with E-state index in [1.54, 1.807) is 11.3 Å². The molecule has 4 nitrogen and oxygen atoms in total. The Morgan fingerprint density at radius 2 is 2.30 bits per heavy atom. The van der Waals surface area contributed by atoms with Gasteiger partial charge in [0.15, 0.2) is 0 Å². The van der Waals surface area contributed by atoms with Crippen molar-refractivity contribution in [2.45, 2.75) is 19.4 Å². The number of fused-ring (bicyclic) bond motifs is 2. The summed E-state index contributed by atoms with van der Waals surface area (Å²) in [7, 11) is 0. The molecular weight excluding hydrogens is 268 g/mol. The van der Waals surface area contributed by atoms with Gasteiger partial charge in [-0.3, -0.25) is 4.98 Å². The number of anilines is 1. The maximum atomic E-state index is 4.56. The summed E-state index contributed by atoms with van der Waals surface area (Å²) in [6.07, 6.45) is 5.22. The summed E-state index contributed by atoms with van der Waals surface area (Å²) in [6.45, 7) is 5.45. The highest BCUT2D eigenvalue weighted by molar-refractivity contribution is 7.09. The zero-order valence-electron chi connectivity index (χ0n) is 11.5. The Bertz CT molecular complexity index is 612. The normalized spacial score (nSPS) is 25.1. The topological polar surface area (TPSA) is 41.1 Å². The van der Waals surface area contributed by atoms with Crippen LogP contribution in [0.2, 0.25) is 0 Å². The molecule has 1 N–H and O–H groups in total. The van der Waals surface area contributed by atoms with Crippen LogP contribution in [0.25, 0.3) is 11.3 Å². The van der Waals surface area contributed by atoms with E-state index in [4.69, 9.17) is 0 Å². The molecule has 2 unspecified atom stereocenters. The fourth-order valence-corrected chi connectivity index (χ4v) is 3.90. The van der Waals surface area contributed by atoms with Crippen LogP contribution in [-0.4, -0.2) is 35.6 Å². The van der Waals surface area contributed by atoms with Gasteiger partial charge < -0.3 is 10.2 Å². The average molecular weight is 286 g/mol. The summed E-state index contributed by atoms with van der Waals surface area (Å²) in [5.41, 5.74) is 3.39. The largest absolute Gasteiger partial charge is 0.368 e. The van der Waals surface area contributed by atoms with E-state index in [-0.39, 0.29) is 0 Å². The highest BCUT2D eigenvalue weighted by atomic mass is 32.1. The average Bonchev–Trinajstić information content (AvgIpc) is 3.05. The van der Waals surface area contributed by atoms with Crippen LogP contribution in [0, 0.1) is 12.8 Å². The van der Waals surface area contributed by atoms with E-state index in [1.165, 1.54) is 18.7 Å². The molecule has 0 aromatic carbocycles. The van der Waals surface area contributed by atoms with Crippen LogP contribution in [0.3, 0.4) is 0 Å². The monoisotopic (exact) mass is 286 g/mol. The summed E-state index contributed by atoms with van der Waals surface area (Å²) in [6, 6.07) is 2.88. The molecule has 2 aromatic heterocycles.